The molecule has 3 rings (SSSR count). The fourth-order valence-electron chi connectivity index (χ4n) is 2.99. The number of amides is 1. The van der Waals surface area contributed by atoms with E-state index in [9.17, 15) is 9.59 Å². The Morgan fingerprint density at radius 3 is 2.61 bits per heavy atom. The van der Waals surface area contributed by atoms with E-state index in [4.69, 9.17) is 9.47 Å². The molecule has 0 fully saturated rings. The maximum absolute atomic E-state index is 12.8. The van der Waals surface area contributed by atoms with E-state index in [0.717, 1.165) is 12.1 Å². The first kappa shape index (κ1) is 15.6. The molecule has 2 atom stereocenters. The first-order valence-corrected chi connectivity index (χ1v) is 8.06. The second-order valence-electron chi connectivity index (χ2n) is 5.99. The Labute approximate surface area is 135 Å². The number of nitrogens with one attached hydrogen (secondary N) is 1. The summed E-state index contributed by atoms with van der Waals surface area (Å²) in [5, 5.41) is 3.28. The lowest BCUT2D eigenvalue weighted by Crippen LogP contribution is -2.52. The molecule has 1 aromatic rings. The predicted octanol–water partition coefficient (Wildman–Crippen LogP) is 2.36. The third-order valence-corrected chi connectivity index (χ3v) is 4.34. The van der Waals surface area contributed by atoms with Crippen LogP contribution >= 0.6 is 0 Å². The lowest BCUT2D eigenvalue weighted by molar-refractivity contribution is -0.124. The zero-order chi connectivity index (χ0) is 16.6. The van der Waals surface area contributed by atoms with Crippen LogP contribution in [-0.4, -0.2) is 37.0 Å². The van der Waals surface area contributed by atoms with E-state index >= 15 is 0 Å². The molecule has 1 amide bonds. The summed E-state index contributed by atoms with van der Waals surface area (Å²) in [6.45, 7) is 6.29. The molecule has 2 aliphatic rings. The van der Waals surface area contributed by atoms with E-state index < -0.39 is 6.04 Å². The zero-order valence-corrected chi connectivity index (χ0v) is 13.7. The second kappa shape index (κ2) is 6.10. The van der Waals surface area contributed by atoms with Gasteiger partial charge in [0.25, 0.3) is 0 Å². The monoisotopic (exact) mass is 318 g/mol. The molecule has 0 saturated carbocycles. The Hall–Kier alpha value is -2.24. The van der Waals surface area contributed by atoms with Gasteiger partial charge in [0, 0.05) is 12.1 Å². The number of Topliss-reactive ketones (excluding diaryl/α,β-unsaturated/α-hetero) is 1. The van der Waals surface area contributed by atoms with Crippen molar-refractivity contribution in [2.45, 2.75) is 45.7 Å². The number of hydrogen-bond acceptors (Lipinski definition) is 5. The SMILES string of the molecule is CCCC1Nc2cc3c(cc2N(C(C)C(C)=O)C1=O)OCCO3. The minimum absolute atomic E-state index is 0.0451. The first-order valence-electron chi connectivity index (χ1n) is 8.06. The number of ketones is 1. The molecule has 2 aliphatic heterocycles. The van der Waals surface area contributed by atoms with Gasteiger partial charge in [-0.15, -0.1) is 0 Å². The highest BCUT2D eigenvalue weighted by Crippen LogP contribution is 2.43. The maximum Gasteiger partial charge on any atom is 0.250 e. The van der Waals surface area contributed by atoms with Gasteiger partial charge >= 0.3 is 0 Å². The van der Waals surface area contributed by atoms with Crippen LogP contribution in [-0.2, 0) is 9.59 Å². The summed E-state index contributed by atoms with van der Waals surface area (Å²) in [5.74, 6) is 1.16. The minimum Gasteiger partial charge on any atom is -0.486 e. The molecule has 0 bridgehead atoms. The fourth-order valence-corrected chi connectivity index (χ4v) is 2.99. The van der Waals surface area contributed by atoms with Crippen molar-refractivity contribution < 1.29 is 19.1 Å². The van der Waals surface area contributed by atoms with E-state index in [0.29, 0.717) is 36.8 Å². The Kier molecular flexibility index (Phi) is 4.15. The molecule has 124 valence electrons. The molecule has 6 heteroatoms. The van der Waals surface area contributed by atoms with Gasteiger partial charge in [-0.25, -0.2) is 0 Å². The van der Waals surface area contributed by atoms with E-state index in [1.165, 1.54) is 6.92 Å². The summed E-state index contributed by atoms with van der Waals surface area (Å²) in [7, 11) is 0. The molecule has 1 N–H and O–H groups in total. The van der Waals surface area contributed by atoms with Crippen molar-refractivity contribution >= 4 is 23.1 Å². The average molecular weight is 318 g/mol. The fraction of sp³-hybridized carbons (Fsp3) is 0.529. The molecule has 0 radical (unpaired) electrons. The molecule has 0 aromatic heterocycles. The molecule has 6 nitrogen and oxygen atoms in total. The van der Waals surface area contributed by atoms with Gasteiger partial charge in [0.2, 0.25) is 5.91 Å². The molecule has 2 heterocycles. The Balaban J connectivity index is 2.08. The standard InChI is InChI=1S/C17H22N2O4/c1-4-5-12-17(21)19(10(2)11(3)20)14-9-16-15(8-13(14)18-12)22-6-7-23-16/h8-10,12,18H,4-7H2,1-3H3. The van der Waals surface area contributed by atoms with E-state index in [1.54, 1.807) is 17.9 Å². The van der Waals surface area contributed by atoms with Crippen LogP contribution in [0.1, 0.15) is 33.6 Å². The number of ether oxygens (including phenoxy) is 2. The van der Waals surface area contributed by atoms with Crippen LogP contribution in [0.5, 0.6) is 11.5 Å². The van der Waals surface area contributed by atoms with Crippen molar-refractivity contribution in [1.82, 2.24) is 0 Å². The summed E-state index contributed by atoms with van der Waals surface area (Å²) in [4.78, 5) is 26.3. The van der Waals surface area contributed by atoms with Crippen LogP contribution in [0.3, 0.4) is 0 Å². The number of carbonyl (C=O) groups excluding carboxylic acids is 2. The summed E-state index contributed by atoms with van der Waals surface area (Å²) in [6.07, 6.45) is 1.60. The second-order valence-corrected chi connectivity index (χ2v) is 5.99. The normalized spacial score (nSPS) is 20.6. The lowest BCUT2D eigenvalue weighted by atomic mass is 10.0. The minimum atomic E-state index is -0.509. The predicted molar refractivity (Wildman–Crippen MR) is 87.4 cm³/mol. The Bertz CT molecular complexity index is 644. The molecule has 0 aliphatic carbocycles. The van der Waals surface area contributed by atoms with Crippen molar-refractivity contribution in [1.29, 1.82) is 0 Å². The highest BCUT2D eigenvalue weighted by molar-refractivity contribution is 6.09. The average Bonchev–Trinajstić information content (AvgIpc) is 2.53. The topological polar surface area (TPSA) is 67.9 Å². The Morgan fingerprint density at radius 1 is 1.35 bits per heavy atom. The van der Waals surface area contributed by atoms with Crippen LogP contribution in [0.25, 0.3) is 0 Å². The zero-order valence-electron chi connectivity index (χ0n) is 13.7. The van der Waals surface area contributed by atoms with Crippen LogP contribution in [0.2, 0.25) is 0 Å². The summed E-state index contributed by atoms with van der Waals surface area (Å²) in [5.41, 5.74) is 1.48. The van der Waals surface area contributed by atoms with Crippen molar-refractivity contribution in [2.24, 2.45) is 0 Å². The van der Waals surface area contributed by atoms with Crippen molar-refractivity contribution in [3.63, 3.8) is 0 Å². The molecule has 1 aromatic carbocycles. The van der Waals surface area contributed by atoms with Crippen molar-refractivity contribution in [2.75, 3.05) is 23.4 Å². The van der Waals surface area contributed by atoms with E-state index in [-0.39, 0.29) is 17.7 Å². The van der Waals surface area contributed by atoms with Gasteiger partial charge in [-0.1, -0.05) is 13.3 Å². The summed E-state index contributed by atoms with van der Waals surface area (Å²) < 4.78 is 11.2. The largest absolute Gasteiger partial charge is 0.486 e. The highest BCUT2D eigenvalue weighted by Gasteiger charge is 2.37. The third kappa shape index (κ3) is 2.73. The van der Waals surface area contributed by atoms with Crippen molar-refractivity contribution in [3.05, 3.63) is 12.1 Å². The van der Waals surface area contributed by atoms with Crippen LogP contribution in [0.15, 0.2) is 12.1 Å². The van der Waals surface area contributed by atoms with Crippen LogP contribution in [0.4, 0.5) is 11.4 Å². The highest BCUT2D eigenvalue weighted by atomic mass is 16.6. The Morgan fingerprint density at radius 2 is 2.00 bits per heavy atom. The van der Waals surface area contributed by atoms with Gasteiger partial charge in [0.1, 0.15) is 19.3 Å². The van der Waals surface area contributed by atoms with Gasteiger partial charge in [-0.2, -0.15) is 0 Å². The molecular weight excluding hydrogens is 296 g/mol. The number of fused-ring (bicyclic) bond motifs is 2. The smallest absolute Gasteiger partial charge is 0.250 e. The van der Waals surface area contributed by atoms with Gasteiger partial charge in [-0.3, -0.25) is 14.5 Å². The van der Waals surface area contributed by atoms with Gasteiger partial charge in [0.05, 0.1) is 17.4 Å². The quantitative estimate of drug-likeness (QED) is 0.923. The van der Waals surface area contributed by atoms with Gasteiger partial charge in [0.15, 0.2) is 17.3 Å². The number of rotatable bonds is 4. The van der Waals surface area contributed by atoms with Crippen LogP contribution < -0.4 is 19.7 Å². The molecule has 0 spiro atoms. The lowest BCUT2D eigenvalue weighted by Gasteiger charge is -2.38. The number of hydrogen-bond donors (Lipinski definition) is 1. The number of benzene rings is 1. The van der Waals surface area contributed by atoms with Gasteiger partial charge in [-0.05, 0) is 20.3 Å². The molecular formula is C17H22N2O4. The maximum atomic E-state index is 12.8. The van der Waals surface area contributed by atoms with Crippen LogP contribution in [0, 0.1) is 0 Å². The third-order valence-electron chi connectivity index (χ3n) is 4.34. The van der Waals surface area contributed by atoms with E-state index in [2.05, 4.69) is 5.32 Å². The summed E-state index contributed by atoms with van der Waals surface area (Å²) >= 11 is 0. The molecule has 23 heavy (non-hydrogen) atoms. The van der Waals surface area contributed by atoms with E-state index in [1.807, 2.05) is 13.0 Å². The number of carbonyl (C=O) groups is 2. The molecule has 2 unspecified atom stereocenters. The molecule has 0 saturated heterocycles. The number of anilines is 2. The summed E-state index contributed by atoms with van der Waals surface area (Å²) in [6, 6.07) is 2.82. The van der Waals surface area contributed by atoms with Crippen molar-refractivity contribution in [3.8, 4) is 11.5 Å². The van der Waals surface area contributed by atoms with Gasteiger partial charge < -0.3 is 14.8 Å². The number of nitrogens with zero attached hydrogens (tertiary/aromatic N) is 1. The first-order chi connectivity index (χ1) is 11.0.